The van der Waals surface area contributed by atoms with Gasteiger partial charge in [0.05, 0.1) is 13.1 Å². The van der Waals surface area contributed by atoms with Crippen molar-refractivity contribution in [3.8, 4) is 0 Å². The third-order valence-electron chi connectivity index (χ3n) is 4.22. The second-order valence-corrected chi connectivity index (χ2v) is 5.73. The van der Waals surface area contributed by atoms with E-state index in [-0.39, 0.29) is 5.91 Å². The van der Waals surface area contributed by atoms with Gasteiger partial charge in [0, 0.05) is 5.56 Å². The number of rotatable bonds is 4. The molecule has 0 spiro atoms. The molecule has 1 aliphatic carbocycles. The average molecular weight is 260 g/mol. The molecule has 4 nitrogen and oxygen atoms in total. The number of nitrogens with zero attached hydrogens (tertiary/aromatic N) is 1. The van der Waals surface area contributed by atoms with Crippen LogP contribution in [0.2, 0.25) is 0 Å². The van der Waals surface area contributed by atoms with Gasteiger partial charge < -0.3 is 15.7 Å². The minimum atomic E-state index is -0.613. The summed E-state index contributed by atoms with van der Waals surface area (Å²) in [5.74, 6) is 0.435. The average Bonchev–Trinajstić information content (AvgIpc) is 3.20. The van der Waals surface area contributed by atoms with Crippen molar-refractivity contribution in [2.24, 2.45) is 11.7 Å². The summed E-state index contributed by atoms with van der Waals surface area (Å²) in [5.41, 5.74) is 6.69. The molecule has 1 heterocycles. The molecule has 0 unspecified atom stereocenters. The van der Waals surface area contributed by atoms with E-state index in [4.69, 9.17) is 5.73 Å². The number of carbonyl (C=O) groups excluding carboxylic acids is 1. The van der Waals surface area contributed by atoms with E-state index in [1.54, 1.807) is 4.90 Å². The van der Waals surface area contributed by atoms with Crippen molar-refractivity contribution >= 4 is 5.91 Å². The van der Waals surface area contributed by atoms with Crippen molar-refractivity contribution in [2.45, 2.75) is 24.9 Å². The number of hydrogen-bond acceptors (Lipinski definition) is 3. The van der Waals surface area contributed by atoms with E-state index in [1.165, 1.54) is 0 Å². The lowest BCUT2D eigenvalue weighted by Crippen LogP contribution is -2.64. The van der Waals surface area contributed by atoms with Crippen LogP contribution >= 0.6 is 0 Å². The number of carbonyl (C=O) groups is 1. The quantitative estimate of drug-likeness (QED) is 0.841. The number of hydrogen-bond donors (Lipinski definition) is 2. The Labute approximate surface area is 113 Å². The summed E-state index contributed by atoms with van der Waals surface area (Å²) in [5, 5.41) is 10.3. The predicted octanol–water partition coefficient (Wildman–Crippen LogP) is 0.785. The molecule has 0 atom stereocenters. The number of benzene rings is 1. The summed E-state index contributed by atoms with van der Waals surface area (Å²) < 4.78 is 0. The highest BCUT2D eigenvalue weighted by Crippen LogP contribution is 2.44. The zero-order valence-electron chi connectivity index (χ0n) is 11.0. The standard InChI is InChI=1S/C15H20N2O2/c16-8-7-11-3-1-2-4-13(11)14(18)17-9-15(19,10-17)12-5-6-12/h1-4,12,19H,5-10,16H2. The molecule has 1 amide bonds. The zero-order valence-corrected chi connectivity index (χ0v) is 11.0. The maximum atomic E-state index is 12.4. The van der Waals surface area contributed by atoms with Gasteiger partial charge in [0.25, 0.3) is 5.91 Å². The Morgan fingerprint density at radius 2 is 2.05 bits per heavy atom. The topological polar surface area (TPSA) is 66.6 Å². The van der Waals surface area contributed by atoms with Gasteiger partial charge >= 0.3 is 0 Å². The lowest BCUT2D eigenvalue weighted by atomic mass is 9.87. The molecule has 1 saturated heterocycles. The van der Waals surface area contributed by atoms with Gasteiger partial charge in [-0.2, -0.15) is 0 Å². The molecular formula is C15H20N2O2. The van der Waals surface area contributed by atoms with Crippen LogP contribution in [0.15, 0.2) is 24.3 Å². The molecule has 2 aliphatic rings. The molecule has 2 fully saturated rings. The van der Waals surface area contributed by atoms with Gasteiger partial charge in [-0.25, -0.2) is 0 Å². The number of amides is 1. The first-order valence-electron chi connectivity index (χ1n) is 6.94. The van der Waals surface area contributed by atoms with Crippen LogP contribution in [0.25, 0.3) is 0 Å². The van der Waals surface area contributed by atoms with E-state index in [0.29, 0.717) is 32.0 Å². The monoisotopic (exact) mass is 260 g/mol. The fraction of sp³-hybridized carbons (Fsp3) is 0.533. The Kier molecular flexibility index (Phi) is 3.07. The lowest BCUT2D eigenvalue weighted by Gasteiger charge is -2.47. The van der Waals surface area contributed by atoms with Gasteiger partial charge in [-0.1, -0.05) is 18.2 Å². The van der Waals surface area contributed by atoms with Crippen LogP contribution in [-0.2, 0) is 6.42 Å². The Morgan fingerprint density at radius 1 is 1.37 bits per heavy atom. The molecule has 19 heavy (non-hydrogen) atoms. The molecule has 0 aromatic heterocycles. The molecule has 102 valence electrons. The van der Waals surface area contributed by atoms with E-state index in [1.807, 2.05) is 24.3 Å². The highest BCUT2D eigenvalue weighted by molar-refractivity contribution is 5.96. The third-order valence-corrected chi connectivity index (χ3v) is 4.22. The van der Waals surface area contributed by atoms with Crippen molar-refractivity contribution in [3.05, 3.63) is 35.4 Å². The van der Waals surface area contributed by atoms with Crippen molar-refractivity contribution < 1.29 is 9.90 Å². The molecule has 1 aromatic carbocycles. The van der Waals surface area contributed by atoms with Crippen molar-refractivity contribution in [1.82, 2.24) is 4.90 Å². The summed E-state index contributed by atoms with van der Waals surface area (Å²) in [4.78, 5) is 14.2. The van der Waals surface area contributed by atoms with Gasteiger partial charge in [0.15, 0.2) is 0 Å². The van der Waals surface area contributed by atoms with Gasteiger partial charge in [0.2, 0.25) is 0 Å². The van der Waals surface area contributed by atoms with Crippen LogP contribution in [0, 0.1) is 5.92 Å². The largest absolute Gasteiger partial charge is 0.386 e. The van der Waals surface area contributed by atoms with E-state index in [0.717, 1.165) is 24.0 Å². The molecular weight excluding hydrogens is 240 g/mol. The molecule has 1 aromatic rings. The zero-order chi connectivity index (χ0) is 13.5. The van der Waals surface area contributed by atoms with Crippen LogP contribution in [-0.4, -0.2) is 41.1 Å². The first-order chi connectivity index (χ1) is 9.14. The fourth-order valence-electron chi connectivity index (χ4n) is 2.91. The van der Waals surface area contributed by atoms with E-state index in [2.05, 4.69) is 0 Å². The third kappa shape index (κ3) is 2.26. The van der Waals surface area contributed by atoms with Gasteiger partial charge in [-0.15, -0.1) is 0 Å². The van der Waals surface area contributed by atoms with Gasteiger partial charge in [-0.3, -0.25) is 4.79 Å². The highest BCUT2D eigenvalue weighted by Gasteiger charge is 2.53. The van der Waals surface area contributed by atoms with Crippen LogP contribution in [0.3, 0.4) is 0 Å². The summed E-state index contributed by atoms with van der Waals surface area (Å²) in [6.45, 7) is 1.50. The first-order valence-corrected chi connectivity index (χ1v) is 6.94. The van der Waals surface area contributed by atoms with Gasteiger partial charge in [-0.05, 0) is 43.4 Å². The van der Waals surface area contributed by atoms with Crippen molar-refractivity contribution in [2.75, 3.05) is 19.6 Å². The van der Waals surface area contributed by atoms with Crippen LogP contribution < -0.4 is 5.73 Å². The second-order valence-electron chi connectivity index (χ2n) is 5.73. The second kappa shape index (κ2) is 4.62. The fourth-order valence-corrected chi connectivity index (χ4v) is 2.91. The van der Waals surface area contributed by atoms with Crippen LogP contribution in [0.1, 0.15) is 28.8 Å². The number of aliphatic hydroxyl groups is 1. The van der Waals surface area contributed by atoms with Crippen molar-refractivity contribution in [1.29, 1.82) is 0 Å². The minimum absolute atomic E-state index is 0.0226. The number of likely N-dealkylation sites (tertiary alicyclic amines) is 1. The van der Waals surface area contributed by atoms with E-state index in [9.17, 15) is 9.90 Å². The molecule has 4 heteroatoms. The predicted molar refractivity (Wildman–Crippen MR) is 72.8 cm³/mol. The maximum absolute atomic E-state index is 12.4. The Balaban J connectivity index is 1.71. The highest BCUT2D eigenvalue weighted by atomic mass is 16.3. The SMILES string of the molecule is NCCc1ccccc1C(=O)N1CC(O)(C2CC2)C1. The van der Waals surface area contributed by atoms with Crippen LogP contribution in [0.4, 0.5) is 0 Å². The summed E-state index contributed by atoms with van der Waals surface area (Å²) >= 11 is 0. The lowest BCUT2D eigenvalue weighted by molar-refractivity contribution is -0.0958. The normalized spacial score (nSPS) is 21.1. The van der Waals surface area contributed by atoms with E-state index < -0.39 is 5.60 Å². The maximum Gasteiger partial charge on any atom is 0.254 e. The van der Waals surface area contributed by atoms with E-state index >= 15 is 0 Å². The summed E-state index contributed by atoms with van der Waals surface area (Å²) in [7, 11) is 0. The molecule has 3 rings (SSSR count). The number of nitrogens with two attached hydrogens (primary N) is 1. The molecule has 0 bridgehead atoms. The smallest absolute Gasteiger partial charge is 0.254 e. The molecule has 1 saturated carbocycles. The molecule has 3 N–H and O–H groups in total. The summed E-state index contributed by atoms with van der Waals surface area (Å²) in [6, 6.07) is 7.60. The first kappa shape index (κ1) is 12.6. The Bertz CT molecular complexity index is 491. The van der Waals surface area contributed by atoms with Crippen molar-refractivity contribution in [3.63, 3.8) is 0 Å². The van der Waals surface area contributed by atoms with Gasteiger partial charge in [0.1, 0.15) is 5.60 Å². The van der Waals surface area contributed by atoms with Crippen LogP contribution in [0.5, 0.6) is 0 Å². The summed E-state index contributed by atoms with van der Waals surface area (Å²) in [6.07, 6.45) is 2.91. The molecule has 0 radical (unpaired) electrons. The molecule has 1 aliphatic heterocycles. The number of β-amino-alcohol motifs (C(OH)–C–C–N with tert-alkyl or cyclic N) is 1. The minimum Gasteiger partial charge on any atom is -0.386 e. The Hall–Kier alpha value is -1.39. The Morgan fingerprint density at radius 3 is 2.68 bits per heavy atom.